The van der Waals surface area contributed by atoms with E-state index < -0.39 is 0 Å². The van der Waals surface area contributed by atoms with Gasteiger partial charge in [0.15, 0.2) is 0 Å². The predicted octanol–water partition coefficient (Wildman–Crippen LogP) is 6.42. The average Bonchev–Trinajstić information content (AvgIpc) is 3.20. The number of nitrogens with one attached hydrogen (secondary N) is 2. The van der Waals surface area contributed by atoms with Gasteiger partial charge in [-0.1, -0.05) is 40.2 Å². The fraction of sp³-hybridized carbons (Fsp3) is 0.0435. The molecule has 0 spiro atoms. The van der Waals surface area contributed by atoms with Gasteiger partial charge in [-0.2, -0.15) is 5.26 Å². The molecule has 0 aliphatic carbocycles. The van der Waals surface area contributed by atoms with Crippen molar-refractivity contribution in [3.05, 3.63) is 87.8 Å². The fourth-order valence-corrected chi connectivity index (χ4v) is 3.41. The van der Waals surface area contributed by atoms with Crippen molar-refractivity contribution in [2.24, 2.45) is 0 Å². The van der Waals surface area contributed by atoms with Gasteiger partial charge in [0.1, 0.15) is 6.07 Å². The maximum atomic E-state index is 9.58. The standard InChI is InChI=1S/C23H17BrN4/c1-15-20-10-11-27-22(20)9-8-21(15)28-23-17(13-26-14-18(23)12-25)5-2-16-3-6-19(24)7-4-16/h2-11,13-14,27H,1H3,(H,26,28). The summed E-state index contributed by atoms with van der Waals surface area (Å²) in [5.74, 6) is 0. The number of fused-ring (bicyclic) bond motifs is 1. The number of anilines is 2. The van der Waals surface area contributed by atoms with E-state index in [4.69, 9.17) is 0 Å². The Bertz CT molecular complexity index is 1210. The summed E-state index contributed by atoms with van der Waals surface area (Å²) in [6.45, 7) is 2.07. The smallest absolute Gasteiger partial charge is 0.103 e. The van der Waals surface area contributed by atoms with Crippen LogP contribution < -0.4 is 5.32 Å². The van der Waals surface area contributed by atoms with Crippen LogP contribution in [0.5, 0.6) is 0 Å². The molecule has 0 saturated heterocycles. The van der Waals surface area contributed by atoms with Gasteiger partial charge in [0.25, 0.3) is 0 Å². The second-order valence-electron chi connectivity index (χ2n) is 6.45. The van der Waals surface area contributed by atoms with Crippen LogP contribution in [0.2, 0.25) is 0 Å². The highest BCUT2D eigenvalue weighted by Crippen LogP contribution is 2.31. The van der Waals surface area contributed by atoms with Crippen LogP contribution in [0.15, 0.2) is 65.5 Å². The first-order valence-electron chi connectivity index (χ1n) is 8.81. The molecule has 5 heteroatoms. The number of rotatable bonds is 4. The van der Waals surface area contributed by atoms with Gasteiger partial charge in [-0.3, -0.25) is 4.98 Å². The van der Waals surface area contributed by atoms with E-state index in [0.29, 0.717) is 5.56 Å². The summed E-state index contributed by atoms with van der Waals surface area (Å²) in [6.07, 6.45) is 9.27. The number of nitrogens with zero attached hydrogens (tertiary/aromatic N) is 2. The first kappa shape index (κ1) is 18.0. The van der Waals surface area contributed by atoms with Crippen molar-refractivity contribution < 1.29 is 0 Å². The summed E-state index contributed by atoms with van der Waals surface area (Å²) in [6, 6.07) is 16.4. The van der Waals surface area contributed by atoms with Gasteiger partial charge < -0.3 is 10.3 Å². The summed E-state index contributed by atoms with van der Waals surface area (Å²) in [5.41, 5.74) is 6.37. The zero-order chi connectivity index (χ0) is 19.5. The van der Waals surface area contributed by atoms with Crippen LogP contribution in [-0.2, 0) is 0 Å². The molecule has 2 N–H and O–H groups in total. The molecule has 0 fully saturated rings. The minimum atomic E-state index is 0.506. The van der Waals surface area contributed by atoms with E-state index in [1.54, 1.807) is 12.4 Å². The van der Waals surface area contributed by atoms with Crippen LogP contribution in [0.4, 0.5) is 11.4 Å². The van der Waals surface area contributed by atoms with Gasteiger partial charge in [-0.25, -0.2) is 0 Å². The Morgan fingerprint density at radius 2 is 1.89 bits per heavy atom. The van der Waals surface area contributed by atoms with E-state index in [9.17, 15) is 5.26 Å². The summed E-state index contributed by atoms with van der Waals surface area (Å²) < 4.78 is 1.04. The fourth-order valence-electron chi connectivity index (χ4n) is 3.14. The van der Waals surface area contributed by atoms with Crippen molar-refractivity contribution in [1.29, 1.82) is 5.26 Å². The number of benzene rings is 2. The molecule has 0 saturated carbocycles. The molecular formula is C23H17BrN4. The van der Waals surface area contributed by atoms with Crippen molar-refractivity contribution in [2.75, 3.05) is 5.32 Å². The lowest BCUT2D eigenvalue weighted by atomic mass is 10.1. The van der Waals surface area contributed by atoms with E-state index in [2.05, 4.69) is 50.3 Å². The highest BCUT2D eigenvalue weighted by molar-refractivity contribution is 9.10. The van der Waals surface area contributed by atoms with Gasteiger partial charge in [0.05, 0.1) is 11.3 Å². The normalized spacial score (nSPS) is 11.0. The van der Waals surface area contributed by atoms with Crippen LogP contribution in [-0.4, -0.2) is 9.97 Å². The Morgan fingerprint density at radius 3 is 2.68 bits per heavy atom. The summed E-state index contributed by atoms with van der Waals surface area (Å²) in [7, 11) is 0. The Morgan fingerprint density at radius 1 is 1.07 bits per heavy atom. The first-order valence-corrected chi connectivity index (χ1v) is 9.60. The van der Waals surface area contributed by atoms with Crippen molar-refractivity contribution in [1.82, 2.24) is 9.97 Å². The van der Waals surface area contributed by atoms with Gasteiger partial charge in [0.2, 0.25) is 0 Å². The number of aryl methyl sites for hydroxylation is 1. The number of halogens is 1. The van der Waals surface area contributed by atoms with Crippen LogP contribution >= 0.6 is 15.9 Å². The second kappa shape index (κ2) is 7.71. The number of hydrogen-bond acceptors (Lipinski definition) is 3. The number of hydrogen-bond donors (Lipinski definition) is 2. The number of aromatic nitrogens is 2. The summed E-state index contributed by atoms with van der Waals surface area (Å²) >= 11 is 3.45. The Labute approximate surface area is 171 Å². The SMILES string of the molecule is Cc1c(Nc2c(C#N)cncc2C=Cc2ccc(Br)cc2)ccc2[nH]ccc12. The zero-order valence-corrected chi connectivity index (χ0v) is 16.8. The van der Waals surface area contributed by atoms with Gasteiger partial charge in [-0.05, 0) is 48.4 Å². The molecule has 2 aromatic carbocycles. The lowest BCUT2D eigenvalue weighted by molar-refractivity contribution is 1.28. The largest absolute Gasteiger partial charge is 0.361 e. The molecule has 28 heavy (non-hydrogen) atoms. The lowest BCUT2D eigenvalue weighted by Crippen LogP contribution is -1.99. The molecule has 4 aromatic rings. The predicted molar refractivity (Wildman–Crippen MR) is 118 cm³/mol. The molecule has 0 atom stereocenters. The van der Waals surface area contributed by atoms with Crippen LogP contribution in [0.3, 0.4) is 0 Å². The molecule has 2 aromatic heterocycles. The summed E-state index contributed by atoms with van der Waals surface area (Å²) in [5, 5.41) is 14.2. The average molecular weight is 429 g/mol. The summed E-state index contributed by atoms with van der Waals surface area (Å²) in [4.78, 5) is 7.45. The number of aromatic amines is 1. The van der Waals surface area contributed by atoms with Gasteiger partial charge in [0, 0.05) is 45.2 Å². The van der Waals surface area contributed by atoms with Crippen molar-refractivity contribution in [3.8, 4) is 6.07 Å². The van der Waals surface area contributed by atoms with E-state index >= 15 is 0 Å². The van der Waals surface area contributed by atoms with Crippen LogP contribution in [0.25, 0.3) is 23.1 Å². The van der Waals surface area contributed by atoms with Gasteiger partial charge in [-0.15, -0.1) is 0 Å². The molecule has 0 aliphatic heterocycles. The number of H-pyrrole nitrogens is 1. The van der Waals surface area contributed by atoms with Crippen LogP contribution in [0.1, 0.15) is 22.3 Å². The number of nitriles is 1. The highest BCUT2D eigenvalue weighted by Gasteiger charge is 2.11. The van der Waals surface area contributed by atoms with E-state index in [0.717, 1.165) is 43.4 Å². The molecule has 0 bridgehead atoms. The molecule has 4 rings (SSSR count). The number of pyridine rings is 1. The van der Waals surface area contributed by atoms with Gasteiger partial charge >= 0.3 is 0 Å². The van der Waals surface area contributed by atoms with Crippen molar-refractivity contribution >= 4 is 50.4 Å². The van der Waals surface area contributed by atoms with Crippen LogP contribution in [0, 0.1) is 18.3 Å². The third-order valence-electron chi connectivity index (χ3n) is 4.68. The molecule has 0 radical (unpaired) electrons. The van der Waals surface area contributed by atoms with Crippen molar-refractivity contribution in [2.45, 2.75) is 6.92 Å². The molecule has 136 valence electrons. The quantitative estimate of drug-likeness (QED) is 0.394. The monoisotopic (exact) mass is 428 g/mol. The zero-order valence-electron chi connectivity index (χ0n) is 15.2. The molecular weight excluding hydrogens is 412 g/mol. The lowest BCUT2D eigenvalue weighted by Gasteiger charge is -2.14. The minimum Gasteiger partial charge on any atom is -0.361 e. The minimum absolute atomic E-state index is 0.506. The third-order valence-corrected chi connectivity index (χ3v) is 5.21. The molecule has 4 nitrogen and oxygen atoms in total. The topological polar surface area (TPSA) is 64.5 Å². The second-order valence-corrected chi connectivity index (χ2v) is 7.37. The Balaban J connectivity index is 1.74. The Kier molecular flexibility index (Phi) is 4.96. The maximum Gasteiger partial charge on any atom is 0.103 e. The third kappa shape index (κ3) is 3.55. The molecule has 0 unspecified atom stereocenters. The van der Waals surface area contributed by atoms with E-state index in [-0.39, 0.29) is 0 Å². The van der Waals surface area contributed by atoms with Crippen molar-refractivity contribution in [3.63, 3.8) is 0 Å². The highest BCUT2D eigenvalue weighted by atomic mass is 79.9. The maximum absolute atomic E-state index is 9.58. The first-order chi connectivity index (χ1) is 13.7. The van der Waals surface area contributed by atoms with E-state index in [1.165, 1.54) is 0 Å². The molecule has 0 amide bonds. The Hall–Kier alpha value is -3.36. The molecule has 2 heterocycles. The van der Waals surface area contributed by atoms with E-state index in [1.807, 2.05) is 54.7 Å². The molecule has 0 aliphatic rings.